The summed E-state index contributed by atoms with van der Waals surface area (Å²) in [6, 6.07) is 36.3. The van der Waals surface area contributed by atoms with E-state index in [9.17, 15) is 39.6 Å². The number of thioether (sulfide) groups is 2. The zero-order valence-electron chi connectivity index (χ0n) is 39.4. The Labute approximate surface area is 491 Å². The Bertz CT molecular complexity index is 1800. The molecule has 0 spiro atoms. The molecule has 15 heteroatoms. The van der Waals surface area contributed by atoms with Crippen LogP contribution in [0.25, 0.3) is 0 Å². The Morgan fingerprint density at radius 3 is 1.01 bits per heavy atom. The third-order valence-electron chi connectivity index (χ3n) is 10.9. The van der Waals surface area contributed by atoms with Gasteiger partial charge in [-0.15, -0.1) is 0 Å². The normalized spacial score (nSPS) is 12.3. The number of unbranched alkanes of at least 4 members (excludes halogenated alkanes) is 10. The zero-order valence-corrected chi connectivity index (χ0v) is 47.3. The van der Waals surface area contributed by atoms with Gasteiger partial charge in [-0.05, 0) is 84.7 Å². The van der Waals surface area contributed by atoms with Gasteiger partial charge in [0.2, 0.25) is 0 Å². The third-order valence-corrected chi connectivity index (χ3v) is 13.5. The predicted molar refractivity (Wildman–Crippen MR) is 257 cm³/mol. The van der Waals surface area contributed by atoms with E-state index in [-0.39, 0.29) is 133 Å². The van der Waals surface area contributed by atoms with Crippen molar-refractivity contribution in [3.63, 3.8) is 0 Å². The number of aliphatic carboxylic acids is 4. The number of aryl methyl sites for hydroxylation is 4. The number of benzene rings is 4. The summed E-state index contributed by atoms with van der Waals surface area (Å²) in [5.74, 6) is -4.55. The van der Waals surface area contributed by atoms with Crippen molar-refractivity contribution < 1.29 is 158 Å². The smallest absolute Gasteiger partial charge is 0.547 e. The number of carboxylic acids is 4. The van der Waals surface area contributed by atoms with Crippen molar-refractivity contribution in [3.05, 3.63) is 143 Å². The molecule has 0 saturated carbocycles. The Kier molecular flexibility index (Phi) is 39.4. The average Bonchev–Trinajstić information content (AvgIpc) is 3.29. The Morgan fingerprint density at radius 2 is 0.716 bits per heavy atom. The van der Waals surface area contributed by atoms with E-state index in [1.54, 1.807) is 12.1 Å². The Morgan fingerprint density at radius 1 is 0.433 bits per heavy atom. The van der Waals surface area contributed by atoms with Gasteiger partial charge in [-0.25, -0.2) is 0 Å². The van der Waals surface area contributed by atoms with Crippen molar-refractivity contribution >= 4 is 47.4 Å². The Balaban J connectivity index is 0.00000124. The van der Waals surface area contributed by atoms with Crippen LogP contribution in [0.2, 0.25) is 0 Å². The van der Waals surface area contributed by atoms with Crippen molar-refractivity contribution in [3.8, 4) is 0 Å². The fourth-order valence-corrected chi connectivity index (χ4v) is 9.76. The van der Waals surface area contributed by atoms with E-state index in [0.717, 1.165) is 86.0 Å². The summed E-state index contributed by atoms with van der Waals surface area (Å²) in [4.78, 5) is 43.9. The molecule has 4 aromatic rings. The van der Waals surface area contributed by atoms with Crippen LogP contribution in [0.4, 0.5) is 0 Å². The molecule has 67 heavy (non-hydrogen) atoms. The summed E-state index contributed by atoms with van der Waals surface area (Å²) in [6.07, 6.45) is 14.7. The summed E-state index contributed by atoms with van der Waals surface area (Å²) < 4.78 is 0. The molecule has 0 bridgehead atoms. The van der Waals surface area contributed by atoms with E-state index >= 15 is 0 Å². The summed E-state index contributed by atoms with van der Waals surface area (Å²) in [5, 5.41) is 58.7. The van der Waals surface area contributed by atoms with Crippen molar-refractivity contribution in [2.24, 2.45) is 0 Å². The third kappa shape index (κ3) is 29.5. The molecule has 0 heterocycles. The minimum Gasteiger partial charge on any atom is -0.547 e. The van der Waals surface area contributed by atoms with Crippen LogP contribution in [0.5, 0.6) is 0 Å². The molecule has 4 rings (SSSR count). The summed E-state index contributed by atoms with van der Waals surface area (Å²) in [5.41, 5.74) is 6.37. The molecule has 11 nitrogen and oxygen atoms in total. The van der Waals surface area contributed by atoms with Crippen LogP contribution in [-0.2, 0) is 44.9 Å². The van der Waals surface area contributed by atoms with Gasteiger partial charge in [-0.1, -0.05) is 161 Å². The second-order valence-corrected chi connectivity index (χ2v) is 18.6. The van der Waals surface area contributed by atoms with E-state index in [2.05, 4.69) is 48.5 Å². The molecule has 0 amide bonds. The number of carbonyl (C=O) groups is 4. The van der Waals surface area contributed by atoms with Gasteiger partial charge < -0.3 is 45.7 Å². The summed E-state index contributed by atoms with van der Waals surface area (Å²) in [7, 11) is 0. The first-order valence-corrected chi connectivity index (χ1v) is 24.7. The minimum absolute atomic E-state index is 0. The molecule has 0 aliphatic heterocycles. The number of hydrogen-bond donors (Lipinski definition) is 4. The molecule has 0 aliphatic rings. The molecule has 6 N–H and O–H groups in total. The number of hydrogen-bond acceptors (Lipinski definition) is 10. The van der Waals surface area contributed by atoms with Gasteiger partial charge in [0.1, 0.15) is 12.2 Å². The molecular formula is C52H68K2O11S2. The second-order valence-electron chi connectivity index (χ2n) is 16.1. The molecule has 0 radical (unpaired) electrons. The molecule has 0 saturated heterocycles. The van der Waals surface area contributed by atoms with Gasteiger partial charge in [0.15, 0.2) is 0 Å². The van der Waals surface area contributed by atoms with E-state index in [1.807, 2.05) is 48.5 Å². The van der Waals surface area contributed by atoms with Crippen molar-refractivity contribution in [2.45, 2.75) is 138 Å². The van der Waals surface area contributed by atoms with Crippen molar-refractivity contribution in [1.29, 1.82) is 0 Å². The molecule has 0 fully saturated rings. The van der Waals surface area contributed by atoms with Gasteiger partial charge in [-0.2, -0.15) is 23.5 Å². The topological polar surface area (TPSA) is 227 Å². The van der Waals surface area contributed by atoms with E-state index in [1.165, 1.54) is 62.5 Å². The molecular weight excluding hydrogens is 943 g/mol. The average molecular weight is 1010 g/mol. The maximum Gasteiger partial charge on any atom is 1.00 e. The second kappa shape index (κ2) is 40.2. The number of aliphatic hydroxyl groups excluding tert-OH is 2. The van der Waals surface area contributed by atoms with Gasteiger partial charge in [0, 0.05) is 11.5 Å². The number of carboxylic acid groups (broad SMARTS) is 4. The van der Waals surface area contributed by atoms with E-state index in [0.29, 0.717) is 11.1 Å². The van der Waals surface area contributed by atoms with Crippen LogP contribution in [-0.4, -0.2) is 73.5 Å². The van der Waals surface area contributed by atoms with Crippen LogP contribution in [0.3, 0.4) is 0 Å². The maximum absolute atomic E-state index is 11.2. The quantitative estimate of drug-likeness (QED) is 0.0404. The first-order valence-electron chi connectivity index (χ1n) is 22.6. The van der Waals surface area contributed by atoms with Crippen LogP contribution in [0.1, 0.15) is 134 Å². The number of carbonyl (C=O) groups excluding carboxylic acids is 2. The van der Waals surface area contributed by atoms with Gasteiger partial charge in [0.25, 0.3) is 0 Å². The van der Waals surface area contributed by atoms with Gasteiger partial charge in [0.05, 0.1) is 35.3 Å². The maximum atomic E-state index is 11.2. The molecule has 0 aliphatic carbocycles. The molecule has 4 unspecified atom stereocenters. The summed E-state index contributed by atoms with van der Waals surface area (Å²) in [6.45, 7) is 0. The van der Waals surface area contributed by atoms with Crippen LogP contribution >= 0.6 is 23.5 Å². The van der Waals surface area contributed by atoms with Crippen LogP contribution < -0.4 is 113 Å². The zero-order chi connectivity index (χ0) is 46.4. The molecule has 356 valence electrons. The predicted octanol–water partition coefficient (Wildman–Crippen LogP) is 1.53. The van der Waals surface area contributed by atoms with E-state index < -0.39 is 46.6 Å². The molecule has 4 atom stereocenters. The number of rotatable bonds is 32. The van der Waals surface area contributed by atoms with Gasteiger partial charge >= 0.3 is 115 Å². The first-order chi connectivity index (χ1) is 30.9. The summed E-state index contributed by atoms with van der Waals surface area (Å²) >= 11 is 2.27. The monoisotopic (exact) mass is 1010 g/mol. The standard InChI is InChI=1S/2C26H34O5S.2K.H2O/c2*27-23(28)17-18-32-25(24(29)26(30)31)22-16-10-15-21(19-22)14-7-4-2-1-3-6-11-20-12-8-5-9-13-20;;;/h2*5,8-10,12-13,15-16,19,24-25,29H,1-4,6-7,11,14,17-18H2,(H,27,28)(H,30,31);;;1H2/q;;2*+1;/p-2. The van der Waals surface area contributed by atoms with Crippen molar-refractivity contribution in [1.82, 2.24) is 0 Å². The van der Waals surface area contributed by atoms with Crippen LogP contribution in [0.15, 0.2) is 109 Å². The first kappa shape index (κ1) is 65.6. The SMILES string of the molecule is O.O=C(O)CCSC(c1cccc(CCCCCCCCc2ccccc2)c1)C(O)C(=O)[O-].O=C(O)CCSC(c1cccc(CCCCCCCCc2ccccc2)c1)C(O)C(=O)[O-].[K+].[K+]. The van der Waals surface area contributed by atoms with Crippen LogP contribution in [0, 0.1) is 0 Å². The molecule has 4 aromatic carbocycles. The van der Waals surface area contributed by atoms with Crippen molar-refractivity contribution in [2.75, 3.05) is 11.5 Å². The minimum atomic E-state index is -1.68. The number of aliphatic hydroxyl groups is 2. The Hall–Kier alpha value is -1.39. The fourth-order valence-electron chi connectivity index (χ4n) is 7.40. The largest absolute Gasteiger partial charge is 1.00 e. The molecule has 0 aromatic heterocycles. The van der Waals surface area contributed by atoms with E-state index in [4.69, 9.17) is 10.2 Å². The van der Waals surface area contributed by atoms with Gasteiger partial charge in [-0.3, -0.25) is 9.59 Å². The fraction of sp³-hybridized carbons (Fsp3) is 0.462.